The molecule has 0 aliphatic heterocycles. The van der Waals surface area contributed by atoms with E-state index in [1.54, 1.807) is 0 Å². The van der Waals surface area contributed by atoms with Crippen LogP contribution in [0.15, 0.2) is 0 Å². The monoisotopic (exact) mass is 160 g/mol. The maximum absolute atomic E-state index is 4.59. The average molecular weight is 160 g/mol. The van der Waals surface area contributed by atoms with E-state index in [0.29, 0.717) is 10.7 Å². The van der Waals surface area contributed by atoms with E-state index in [2.05, 4.69) is 47.2 Å². The van der Waals surface area contributed by atoms with E-state index in [1.807, 2.05) is 0 Å². The van der Waals surface area contributed by atoms with Crippen molar-refractivity contribution in [2.75, 3.05) is 0 Å². The molecule has 0 amide bonds. The third-order valence-electron chi connectivity index (χ3n) is 2.07. The van der Waals surface area contributed by atoms with Gasteiger partial charge < -0.3 is 0 Å². The van der Waals surface area contributed by atoms with Gasteiger partial charge in [0.1, 0.15) is 0 Å². The van der Waals surface area contributed by atoms with Gasteiger partial charge in [-0.05, 0) is 11.3 Å². The van der Waals surface area contributed by atoms with Crippen LogP contribution in [0.2, 0.25) is 0 Å². The minimum Gasteiger partial charge on any atom is -0.175 e. The van der Waals surface area contributed by atoms with Gasteiger partial charge in [-0.1, -0.05) is 41.0 Å². The highest BCUT2D eigenvalue weighted by Crippen LogP contribution is 2.31. The number of hydrogen-bond acceptors (Lipinski definition) is 1. The first-order chi connectivity index (χ1) is 4.39. The lowest BCUT2D eigenvalue weighted by Crippen LogP contribution is -2.27. The Labute approximate surface area is 70.8 Å². The minimum absolute atomic E-state index is 0.346. The Morgan fingerprint density at radius 1 is 1.30 bits per heavy atom. The molecule has 62 valence electrons. The Morgan fingerprint density at radius 3 is 1.80 bits per heavy atom. The molecule has 0 heterocycles. The quantitative estimate of drug-likeness (QED) is 0.588. The van der Waals surface area contributed by atoms with Crippen molar-refractivity contribution in [2.45, 2.75) is 46.3 Å². The summed E-state index contributed by atoms with van der Waals surface area (Å²) in [5.41, 5.74) is 0.346. The van der Waals surface area contributed by atoms with Crippen molar-refractivity contribution >= 4 is 12.6 Å². The van der Waals surface area contributed by atoms with Crippen LogP contribution in [-0.4, -0.2) is 5.25 Å². The summed E-state index contributed by atoms with van der Waals surface area (Å²) in [6.45, 7) is 11.2. The molecule has 10 heavy (non-hydrogen) atoms. The number of thiol groups is 1. The molecule has 0 spiro atoms. The summed E-state index contributed by atoms with van der Waals surface area (Å²) in [6, 6.07) is 0. The molecular weight excluding hydrogens is 140 g/mol. The minimum atomic E-state index is 0.346. The van der Waals surface area contributed by atoms with Gasteiger partial charge in [0.25, 0.3) is 0 Å². The highest BCUT2D eigenvalue weighted by molar-refractivity contribution is 7.81. The molecule has 0 saturated heterocycles. The molecule has 2 atom stereocenters. The molecule has 1 heteroatoms. The van der Waals surface area contributed by atoms with Gasteiger partial charge in [0, 0.05) is 5.25 Å². The molecule has 0 nitrogen and oxygen atoms in total. The van der Waals surface area contributed by atoms with Crippen LogP contribution in [0.3, 0.4) is 0 Å². The summed E-state index contributed by atoms with van der Waals surface area (Å²) in [7, 11) is 0. The molecule has 2 unspecified atom stereocenters. The normalized spacial score (nSPS) is 18.6. The highest BCUT2D eigenvalue weighted by atomic mass is 32.1. The molecule has 0 fully saturated rings. The first-order valence-corrected chi connectivity index (χ1v) is 4.59. The smallest absolute Gasteiger partial charge is 0.00908 e. The molecular formula is C9H20S. The van der Waals surface area contributed by atoms with Crippen LogP contribution in [0.1, 0.15) is 41.0 Å². The van der Waals surface area contributed by atoms with Crippen molar-refractivity contribution in [1.82, 2.24) is 0 Å². The summed E-state index contributed by atoms with van der Waals surface area (Å²) in [6.07, 6.45) is 1.23. The molecule has 0 radical (unpaired) electrons. The van der Waals surface area contributed by atoms with Crippen molar-refractivity contribution in [1.29, 1.82) is 0 Å². The molecule has 0 N–H and O–H groups in total. The van der Waals surface area contributed by atoms with E-state index in [-0.39, 0.29) is 0 Å². The molecule has 0 aliphatic carbocycles. The standard InChI is InChI=1S/C9H20S/c1-6-7(2)8(10)9(3,4)5/h7-8,10H,6H2,1-5H3. The topological polar surface area (TPSA) is 0 Å². The SMILES string of the molecule is CCC(C)C(S)C(C)(C)C. The summed E-state index contributed by atoms with van der Waals surface area (Å²) in [5.74, 6) is 0.725. The van der Waals surface area contributed by atoms with Gasteiger partial charge in [-0.3, -0.25) is 0 Å². The van der Waals surface area contributed by atoms with Crippen molar-refractivity contribution in [3.8, 4) is 0 Å². The lowest BCUT2D eigenvalue weighted by atomic mass is 9.84. The highest BCUT2D eigenvalue weighted by Gasteiger charge is 2.24. The van der Waals surface area contributed by atoms with Gasteiger partial charge >= 0.3 is 0 Å². The predicted molar refractivity (Wildman–Crippen MR) is 51.7 cm³/mol. The van der Waals surface area contributed by atoms with E-state index < -0.39 is 0 Å². The molecule has 0 aromatic carbocycles. The zero-order chi connectivity index (χ0) is 8.36. The number of rotatable bonds is 2. The fourth-order valence-corrected chi connectivity index (χ4v) is 1.29. The Morgan fingerprint density at radius 2 is 1.70 bits per heavy atom. The Kier molecular flexibility index (Phi) is 3.79. The number of hydrogen-bond donors (Lipinski definition) is 1. The first-order valence-electron chi connectivity index (χ1n) is 4.07. The molecule has 0 aromatic rings. The van der Waals surface area contributed by atoms with Crippen LogP contribution in [0, 0.1) is 11.3 Å². The second kappa shape index (κ2) is 3.66. The fourth-order valence-electron chi connectivity index (χ4n) is 1.08. The second-order valence-corrected chi connectivity index (χ2v) is 4.75. The third kappa shape index (κ3) is 2.96. The van der Waals surface area contributed by atoms with Crippen LogP contribution in [0.25, 0.3) is 0 Å². The van der Waals surface area contributed by atoms with Gasteiger partial charge in [0.15, 0.2) is 0 Å². The van der Waals surface area contributed by atoms with Crippen molar-refractivity contribution in [3.63, 3.8) is 0 Å². The summed E-state index contributed by atoms with van der Waals surface area (Å²) >= 11 is 4.59. The lowest BCUT2D eigenvalue weighted by Gasteiger charge is -2.30. The predicted octanol–water partition coefficient (Wildman–Crippen LogP) is 3.38. The Hall–Kier alpha value is 0.350. The molecule has 0 aliphatic rings. The summed E-state index contributed by atoms with van der Waals surface area (Å²) < 4.78 is 0. The van der Waals surface area contributed by atoms with E-state index in [4.69, 9.17) is 0 Å². The van der Waals surface area contributed by atoms with Gasteiger partial charge in [0.2, 0.25) is 0 Å². The lowest BCUT2D eigenvalue weighted by molar-refractivity contribution is 0.320. The van der Waals surface area contributed by atoms with Crippen molar-refractivity contribution < 1.29 is 0 Å². The van der Waals surface area contributed by atoms with Gasteiger partial charge in [-0.15, -0.1) is 0 Å². The fraction of sp³-hybridized carbons (Fsp3) is 1.00. The van der Waals surface area contributed by atoms with Gasteiger partial charge in [0.05, 0.1) is 0 Å². The summed E-state index contributed by atoms with van der Waals surface area (Å²) in [4.78, 5) is 0. The van der Waals surface area contributed by atoms with Crippen LogP contribution in [0.4, 0.5) is 0 Å². The maximum Gasteiger partial charge on any atom is 0.00908 e. The van der Waals surface area contributed by atoms with E-state index >= 15 is 0 Å². The van der Waals surface area contributed by atoms with Crippen LogP contribution in [0.5, 0.6) is 0 Å². The molecule has 0 rings (SSSR count). The Bertz CT molecular complexity index is 91.4. The second-order valence-electron chi connectivity index (χ2n) is 4.20. The van der Waals surface area contributed by atoms with Crippen LogP contribution >= 0.6 is 12.6 Å². The Balaban J connectivity index is 3.94. The maximum atomic E-state index is 4.59. The third-order valence-corrected chi connectivity index (χ3v) is 3.35. The molecule has 0 saturated carbocycles. The molecule has 0 bridgehead atoms. The zero-order valence-electron chi connectivity index (χ0n) is 7.81. The largest absolute Gasteiger partial charge is 0.175 e. The van der Waals surface area contributed by atoms with E-state index in [1.165, 1.54) is 6.42 Å². The molecule has 0 aromatic heterocycles. The van der Waals surface area contributed by atoms with Crippen LogP contribution in [-0.2, 0) is 0 Å². The average Bonchev–Trinajstić information content (AvgIpc) is 1.83. The van der Waals surface area contributed by atoms with E-state index in [0.717, 1.165) is 5.92 Å². The summed E-state index contributed by atoms with van der Waals surface area (Å²) in [5, 5.41) is 0.525. The van der Waals surface area contributed by atoms with Gasteiger partial charge in [-0.25, -0.2) is 0 Å². The van der Waals surface area contributed by atoms with E-state index in [9.17, 15) is 0 Å². The van der Waals surface area contributed by atoms with Gasteiger partial charge in [-0.2, -0.15) is 12.6 Å². The van der Waals surface area contributed by atoms with Crippen molar-refractivity contribution in [3.05, 3.63) is 0 Å². The first kappa shape index (κ1) is 10.3. The zero-order valence-corrected chi connectivity index (χ0v) is 8.70. The van der Waals surface area contributed by atoms with Crippen LogP contribution < -0.4 is 0 Å². The van der Waals surface area contributed by atoms with Crippen molar-refractivity contribution in [2.24, 2.45) is 11.3 Å².